The van der Waals surface area contributed by atoms with E-state index in [4.69, 9.17) is 11.0 Å². The molecule has 0 bridgehead atoms. The van der Waals surface area contributed by atoms with E-state index in [-0.39, 0.29) is 36.8 Å². The molecule has 0 unspecified atom stereocenters. The van der Waals surface area contributed by atoms with Gasteiger partial charge in [0, 0.05) is 6.54 Å². The van der Waals surface area contributed by atoms with Crippen LogP contribution in [0.1, 0.15) is 28.7 Å². The van der Waals surface area contributed by atoms with Crippen LogP contribution in [0.3, 0.4) is 0 Å². The summed E-state index contributed by atoms with van der Waals surface area (Å²) < 4.78 is 3.37. The van der Waals surface area contributed by atoms with Gasteiger partial charge in [0.25, 0.3) is 5.56 Å². The molecule has 0 saturated carbocycles. The highest BCUT2D eigenvalue weighted by Crippen LogP contribution is 2.11. The Morgan fingerprint density at radius 1 is 1.21 bits per heavy atom. The second-order valence-corrected chi connectivity index (χ2v) is 5.98. The second-order valence-electron chi connectivity index (χ2n) is 5.98. The van der Waals surface area contributed by atoms with Gasteiger partial charge < -0.3 is 5.73 Å². The minimum absolute atomic E-state index is 0.0691. The smallest absolute Gasteiger partial charge is 0.332 e. The molecule has 0 spiro atoms. The Morgan fingerprint density at radius 3 is 2.57 bits per heavy atom. The molecule has 0 atom stereocenters. The van der Waals surface area contributed by atoms with Gasteiger partial charge >= 0.3 is 5.69 Å². The lowest BCUT2D eigenvalue weighted by Crippen LogP contribution is -2.44. The molecule has 0 saturated heterocycles. The van der Waals surface area contributed by atoms with Gasteiger partial charge in [-0.3, -0.25) is 23.3 Å². The van der Waals surface area contributed by atoms with Crippen molar-refractivity contribution in [3.05, 3.63) is 74.4 Å². The molecular weight excluding hydrogens is 362 g/mol. The van der Waals surface area contributed by atoms with Crippen LogP contribution in [0.5, 0.6) is 0 Å². The molecule has 0 fully saturated rings. The number of benzene rings is 1. The average Bonchev–Trinajstić information content (AvgIpc) is 3.13. The van der Waals surface area contributed by atoms with Crippen molar-refractivity contribution >= 4 is 11.6 Å². The lowest BCUT2D eigenvalue weighted by Gasteiger charge is -2.16. The Balaban J connectivity index is 2.11. The number of nitrogens with zero attached hydrogens (tertiary/aromatic N) is 6. The van der Waals surface area contributed by atoms with E-state index in [0.29, 0.717) is 0 Å². The van der Waals surface area contributed by atoms with Crippen LogP contribution >= 0.6 is 0 Å². The van der Waals surface area contributed by atoms with Crippen molar-refractivity contribution in [1.82, 2.24) is 23.9 Å². The van der Waals surface area contributed by atoms with Gasteiger partial charge in [-0.15, -0.1) is 10.2 Å². The van der Waals surface area contributed by atoms with Crippen LogP contribution in [-0.2, 0) is 19.6 Å². The summed E-state index contributed by atoms with van der Waals surface area (Å²) in [7, 11) is 0. The number of nitrogen functional groups attached to an aromatic ring is 1. The first kappa shape index (κ1) is 18.8. The first-order chi connectivity index (χ1) is 13.5. The fourth-order valence-electron chi connectivity index (χ4n) is 2.87. The number of nitriles is 1. The highest BCUT2D eigenvalue weighted by molar-refractivity contribution is 5.99. The maximum atomic E-state index is 12.8. The molecule has 3 aromatic rings. The molecule has 142 valence electrons. The van der Waals surface area contributed by atoms with Gasteiger partial charge in [0.1, 0.15) is 23.8 Å². The summed E-state index contributed by atoms with van der Waals surface area (Å²) >= 11 is 0. The molecule has 28 heavy (non-hydrogen) atoms. The largest absolute Gasteiger partial charge is 0.384 e. The molecule has 10 nitrogen and oxygen atoms in total. The van der Waals surface area contributed by atoms with Gasteiger partial charge in [-0.1, -0.05) is 30.3 Å². The molecule has 2 aromatic heterocycles. The van der Waals surface area contributed by atoms with E-state index in [2.05, 4.69) is 10.2 Å². The number of hydrogen-bond donors (Lipinski definition) is 1. The second kappa shape index (κ2) is 7.71. The number of rotatable bonds is 6. The Labute approximate surface area is 159 Å². The number of carbonyl (C=O) groups is 1. The molecule has 3 rings (SSSR count). The molecule has 0 radical (unpaired) electrons. The van der Waals surface area contributed by atoms with E-state index in [0.717, 1.165) is 10.1 Å². The Hall–Kier alpha value is -4.00. The van der Waals surface area contributed by atoms with Crippen molar-refractivity contribution in [3.63, 3.8) is 0 Å². The van der Waals surface area contributed by atoms with Gasteiger partial charge in [0.2, 0.25) is 5.82 Å². The quantitative estimate of drug-likeness (QED) is 0.594. The lowest BCUT2D eigenvalue weighted by atomic mass is 10.1. The third kappa shape index (κ3) is 3.33. The van der Waals surface area contributed by atoms with E-state index in [1.165, 1.54) is 15.5 Å². The maximum absolute atomic E-state index is 12.8. The van der Waals surface area contributed by atoms with E-state index >= 15 is 0 Å². The number of carbonyl (C=O) groups excluding carboxylic acids is 1. The summed E-state index contributed by atoms with van der Waals surface area (Å²) in [5.74, 6) is -0.914. The van der Waals surface area contributed by atoms with Crippen LogP contribution in [-0.4, -0.2) is 29.7 Å². The SMILES string of the molecule is CCn1c(=O)c(C(=O)Cn2cnnc2C#N)c(N)n(Cc2ccccc2)c1=O. The zero-order valence-corrected chi connectivity index (χ0v) is 15.1. The zero-order valence-electron chi connectivity index (χ0n) is 15.1. The van der Waals surface area contributed by atoms with Gasteiger partial charge in [-0.25, -0.2) is 4.79 Å². The van der Waals surface area contributed by atoms with Crippen molar-refractivity contribution in [2.24, 2.45) is 0 Å². The minimum Gasteiger partial charge on any atom is -0.384 e. The van der Waals surface area contributed by atoms with Gasteiger partial charge in [0.15, 0.2) is 5.78 Å². The van der Waals surface area contributed by atoms with E-state index in [1.807, 2.05) is 30.3 Å². The molecule has 0 aliphatic heterocycles. The van der Waals surface area contributed by atoms with Crippen LogP contribution in [0.15, 0.2) is 46.2 Å². The summed E-state index contributed by atoms with van der Waals surface area (Å²) in [6, 6.07) is 10.9. The number of nitrogens with two attached hydrogens (primary N) is 1. The minimum atomic E-state index is -0.758. The first-order valence-corrected chi connectivity index (χ1v) is 8.46. The average molecular weight is 379 g/mol. The van der Waals surface area contributed by atoms with Crippen molar-refractivity contribution < 1.29 is 4.79 Å². The van der Waals surface area contributed by atoms with Crippen LogP contribution in [0.25, 0.3) is 0 Å². The van der Waals surface area contributed by atoms with E-state index in [9.17, 15) is 14.4 Å². The van der Waals surface area contributed by atoms with Crippen molar-refractivity contribution in [2.75, 3.05) is 5.73 Å². The fourth-order valence-corrected chi connectivity index (χ4v) is 2.87. The number of ketones is 1. The number of hydrogen-bond acceptors (Lipinski definition) is 7. The molecular formula is C18H17N7O3. The monoisotopic (exact) mass is 379 g/mol. The normalized spacial score (nSPS) is 10.6. The Morgan fingerprint density at radius 2 is 1.93 bits per heavy atom. The standard InChI is InChI=1S/C18H17N7O3/c1-2-24-17(27)15(13(26)10-23-11-21-22-14(23)8-19)16(20)25(18(24)28)9-12-6-4-3-5-7-12/h3-7,11H,2,9-10,20H2,1H3. The molecule has 0 aliphatic rings. The maximum Gasteiger partial charge on any atom is 0.332 e. The predicted molar refractivity (Wildman–Crippen MR) is 99.7 cm³/mol. The van der Waals surface area contributed by atoms with E-state index in [1.54, 1.807) is 13.0 Å². The molecule has 2 N–H and O–H groups in total. The number of Topliss-reactive ketones (excluding diaryl/α,β-unsaturated/α-hetero) is 1. The fraction of sp³-hybridized carbons (Fsp3) is 0.222. The zero-order chi connectivity index (χ0) is 20.3. The Bertz CT molecular complexity index is 1180. The van der Waals surface area contributed by atoms with Crippen LogP contribution in [0.2, 0.25) is 0 Å². The molecule has 0 amide bonds. The molecule has 2 heterocycles. The molecule has 0 aliphatic carbocycles. The van der Waals surface area contributed by atoms with Crippen molar-refractivity contribution in [2.45, 2.75) is 26.6 Å². The van der Waals surface area contributed by atoms with Gasteiger partial charge in [-0.2, -0.15) is 5.26 Å². The van der Waals surface area contributed by atoms with Crippen molar-refractivity contribution in [1.29, 1.82) is 5.26 Å². The predicted octanol–water partition coefficient (Wildman–Crippen LogP) is 0.00648. The first-order valence-electron chi connectivity index (χ1n) is 8.46. The lowest BCUT2D eigenvalue weighted by molar-refractivity contribution is 0.0969. The van der Waals surface area contributed by atoms with E-state index < -0.39 is 17.0 Å². The summed E-state index contributed by atoms with van der Waals surface area (Å²) in [6.07, 6.45) is 1.21. The number of anilines is 1. The van der Waals surface area contributed by atoms with Crippen LogP contribution in [0, 0.1) is 11.3 Å². The van der Waals surface area contributed by atoms with Crippen molar-refractivity contribution in [3.8, 4) is 6.07 Å². The number of aromatic nitrogens is 5. The summed E-state index contributed by atoms with van der Waals surface area (Å²) in [5, 5.41) is 16.2. The topological polar surface area (TPSA) is 142 Å². The third-order valence-corrected chi connectivity index (χ3v) is 4.28. The van der Waals surface area contributed by atoms with Gasteiger partial charge in [0.05, 0.1) is 13.1 Å². The van der Waals surface area contributed by atoms with Gasteiger partial charge in [-0.05, 0) is 12.5 Å². The third-order valence-electron chi connectivity index (χ3n) is 4.28. The van der Waals surface area contributed by atoms with Crippen LogP contribution in [0.4, 0.5) is 5.82 Å². The summed E-state index contributed by atoms with van der Waals surface area (Å²) in [5.41, 5.74) is 5.23. The highest BCUT2D eigenvalue weighted by Gasteiger charge is 2.23. The highest BCUT2D eigenvalue weighted by atomic mass is 16.2. The summed E-state index contributed by atoms with van der Waals surface area (Å²) in [4.78, 5) is 38.2. The summed E-state index contributed by atoms with van der Waals surface area (Å²) in [6.45, 7) is 1.49. The van der Waals surface area contributed by atoms with Crippen LogP contribution < -0.4 is 17.0 Å². The molecule has 10 heteroatoms. The Kier molecular flexibility index (Phi) is 5.17. The molecule has 1 aromatic carbocycles.